The summed E-state index contributed by atoms with van der Waals surface area (Å²) in [6.07, 6.45) is 3.91. The Kier molecular flexibility index (Phi) is 2.86. The third-order valence-electron chi connectivity index (χ3n) is 2.07. The Hall–Kier alpha value is -0.840. The van der Waals surface area contributed by atoms with Gasteiger partial charge >= 0.3 is 0 Å². The molecular weight excluding hydrogens is 287 g/mol. The molecule has 0 unspecified atom stereocenters. The Balaban J connectivity index is 2.15. The zero-order valence-electron chi connectivity index (χ0n) is 7.94. The Morgan fingerprint density at radius 3 is 2.57 bits per heavy atom. The van der Waals surface area contributed by atoms with Gasteiger partial charge in [0.15, 0.2) is 0 Å². The molecule has 1 aromatic carbocycles. The van der Waals surface area contributed by atoms with Gasteiger partial charge in [0, 0.05) is 6.20 Å². The van der Waals surface area contributed by atoms with Gasteiger partial charge in [0.1, 0.15) is 0 Å². The average Bonchev–Trinajstić information content (AvgIpc) is 2.56. The van der Waals surface area contributed by atoms with E-state index in [0.29, 0.717) is 0 Å². The smallest absolute Gasteiger partial charge is 0.0659 e. The number of rotatable bonds is 2. The first-order valence-electron chi connectivity index (χ1n) is 4.47. The number of hydrogen-bond acceptors (Lipinski definition) is 1. The van der Waals surface area contributed by atoms with E-state index in [9.17, 15) is 0 Å². The van der Waals surface area contributed by atoms with E-state index in [1.165, 1.54) is 14.7 Å². The Morgan fingerprint density at radius 2 is 2.00 bits per heavy atom. The molecule has 0 aliphatic rings. The molecule has 0 fully saturated rings. The van der Waals surface area contributed by atoms with Crippen LogP contribution in [0.15, 0.2) is 36.7 Å². The van der Waals surface area contributed by atoms with Crippen molar-refractivity contribution < 1.29 is 0 Å². The highest BCUT2D eigenvalue weighted by atomic mass is 127. The largest absolute Gasteiger partial charge is 0.267 e. The van der Waals surface area contributed by atoms with E-state index in [4.69, 9.17) is 0 Å². The molecule has 2 aromatic rings. The fourth-order valence-corrected chi connectivity index (χ4v) is 1.75. The van der Waals surface area contributed by atoms with Gasteiger partial charge in [-0.2, -0.15) is 5.10 Å². The van der Waals surface area contributed by atoms with Crippen LogP contribution in [0, 0.1) is 10.5 Å². The normalized spacial score (nSPS) is 10.4. The number of hydrogen-bond donors (Lipinski definition) is 0. The summed E-state index contributed by atoms with van der Waals surface area (Å²) in [6.45, 7) is 2.95. The predicted octanol–water partition coefficient (Wildman–Crippen LogP) is 2.84. The molecule has 0 saturated carbocycles. The van der Waals surface area contributed by atoms with Gasteiger partial charge in [-0.15, -0.1) is 0 Å². The van der Waals surface area contributed by atoms with E-state index in [1.807, 2.05) is 17.1 Å². The summed E-state index contributed by atoms with van der Waals surface area (Å²) < 4.78 is 3.13. The van der Waals surface area contributed by atoms with Crippen LogP contribution in [-0.2, 0) is 6.54 Å². The summed E-state index contributed by atoms with van der Waals surface area (Å²) in [5.41, 5.74) is 2.58. The van der Waals surface area contributed by atoms with Crippen LogP contribution in [0.1, 0.15) is 11.1 Å². The molecule has 3 heteroatoms. The molecule has 0 amide bonds. The highest BCUT2D eigenvalue weighted by Gasteiger charge is 1.96. The van der Waals surface area contributed by atoms with Crippen molar-refractivity contribution in [1.82, 2.24) is 9.78 Å². The van der Waals surface area contributed by atoms with Crippen LogP contribution in [-0.4, -0.2) is 9.78 Å². The molecule has 14 heavy (non-hydrogen) atoms. The summed E-state index contributed by atoms with van der Waals surface area (Å²) >= 11 is 2.27. The van der Waals surface area contributed by atoms with Gasteiger partial charge < -0.3 is 0 Å². The van der Waals surface area contributed by atoms with Crippen molar-refractivity contribution in [2.24, 2.45) is 0 Å². The van der Waals surface area contributed by atoms with E-state index in [1.54, 1.807) is 0 Å². The maximum Gasteiger partial charge on any atom is 0.0659 e. The van der Waals surface area contributed by atoms with Crippen molar-refractivity contribution in [3.05, 3.63) is 51.4 Å². The lowest BCUT2D eigenvalue weighted by Gasteiger charge is -2.01. The van der Waals surface area contributed by atoms with Gasteiger partial charge in [0.2, 0.25) is 0 Å². The van der Waals surface area contributed by atoms with E-state index < -0.39 is 0 Å². The lowest BCUT2D eigenvalue weighted by Crippen LogP contribution is -1.99. The van der Waals surface area contributed by atoms with E-state index in [2.05, 4.69) is 58.9 Å². The van der Waals surface area contributed by atoms with Crippen molar-refractivity contribution in [2.45, 2.75) is 13.5 Å². The maximum absolute atomic E-state index is 4.24. The molecule has 72 valence electrons. The predicted molar refractivity (Wildman–Crippen MR) is 65.2 cm³/mol. The van der Waals surface area contributed by atoms with Crippen LogP contribution in [0.4, 0.5) is 0 Å². The van der Waals surface area contributed by atoms with E-state index in [-0.39, 0.29) is 0 Å². The summed E-state index contributed by atoms with van der Waals surface area (Å²) in [4.78, 5) is 0. The van der Waals surface area contributed by atoms with Crippen LogP contribution in [0.3, 0.4) is 0 Å². The van der Waals surface area contributed by atoms with Crippen molar-refractivity contribution in [1.29, 1.82) is 0 Å². The molecule has 1 aromatic heterocycles. The monoisotopic (exact) mass is 298 g/mol. The number of aromatic nitrogens is 2. The fraction of sp³-hybridized carbons (Fsp3) is 0.182. The molecule has 0 bridgehead atoms. The molecular formula is C11H11IN2. The van der Waals surface area contributed by atoms with Crippen molar-refractivity contribution >= 4 is 22.6 Å². The summed E-state index contributed by atoms with van der Waals surface area (Å²) in [7, 11) is 0. The third kappa shape index (κ3) is 2.35. The van der Waals surface area contributed by atoms with Crippen LogP contribution in [0.25, 0.3) is 0 Å². The molecule has 0 aliphatic heterocycles. The Bertz CT molecular complexity index is 417. The zero-order chi connectivity index (χ0) is 9.97. The molecule has 0 spiro atoms. The minimum atomic E-state index is 0.850. The van der Waals surface area contributed by atoms with Crippen molar-refractivity contribution in [3.8, 4) is 0 Å². The highest BCUT2D eigenvalue weighted by molar-refractivity contribution is 14.1. The van der Waals surface area contributed by atoms with Gasteiger partial charge in [-0.05, 0) is 35.1 Å². The lowest BCUT2D eigenvalue weighted by molar-refractivity contribution is 0.686. The van der Waals surface area contributed by atoms with Crippen molar-refractivity contribution in [3.63, 3.8) is 0 Å². The van der Waals surface area contributed by atoms with Crippen LogP contribution in [0.5, 0.6) is 0 Å². The molecule has 0 saturated heterocycles. The standard InChI is InChI=1S/C11H11IN2/c1-9-2-4-10(5-3-9)7-14-8-11(12)6-13-14/h2-6,8H,7H2,1H3. The Morgan fingerprint density at radius 1 is 1.29 bits per heavy atom. The fourth-order valence-electron chi connectivity index (χ4n) is 1.31. The molecule has 0 atom stereocenters. The second kappa shape index (κ2) is 4.13. The highest BCUT2D eigenvalue weighted by Crippen LogP contribution is 2.07. The second-order valence-corrected chi connectivity index (χ2v) is 4.59. The molecule has 1 heterocycles. The van der Waals surface area contributed by atoms with Crippen molar-refractivity contribution in [2.75, 3.05) is 0 Å². The molecule has 2 rings (SSSR count). The number of benzene rings is 1. The van der Waals surface area contributed by atoms with Crippen LogP contribution < -0.4 is 0 Å². The van der Waals surface area contributed by atoms with Gasteiger partial charge in [0.25, 0.3) is 0 Å². The first-order chi connectivity index (χ1) is 6.74. The van der Waals surface area contributed by atoms with E-state index >= 15 is 0 Å². The Labute approximate surface area is 97.1 Å². The first kappa shape index (κ1) is 9.71. The minimum absolute atomic E-state index is 0.850. The van der Waals surface area contributed by atoms with Gasteiger partial charge in [0.05, 0.1) is 16.3 Å². The molecule has 0 aliphatic carbocycles. The SMILES string of the molecule is Cc1ccc(Cn2cc(I)cn2)cc1. The number of nitrogens with zero attached hydrogens (tertiary/aromatic N) is 2. The summed E-state index contributed by atoms with van der Waals surface area (Å²) in [5, 5.41) is 4.24. The molecule has 0 radical (unpaired) electrons. The summed E-state index contributed by atoms with van der Waals surface area (Å²) in [6, 6.07) is 8.54. The second-order valence-electron chi connectivity index (χ2n) is 3.34. The number of halogens is 1. The van der Waals surface area contributed by atoms with Gasteiger partial charge in [-0.1, -0.05) is 29.8 Å². The molecule has 2 nitrogen and oxygen atoms in total. The summed E-state index contributed by atoms with van der Waals surface area (Å²) in [5.74, 6) is 0. The minimum Gasteiger partial charge on any atom is -0.267 e. The van der Waals surface area contributed by atoms with E-state index in [0.717, 1.165) is 6.54 Å². The van der Waals surface area contributed by atoms with Crippen LogP contribution >= 0.6 is 22.6 Å². The lowest BCUT2D eigenvalue weighted by atomic mass is 10.1. The van der Waals surface area contributed by atoms with Crippen LogP contribution in [0.2, 0.25) is 0 Å². The zero-order valence-corrected chi connectivity index (χ0v) is 10.1. The maximum atomic E-state index is 4.24. The molecule has 0 N–H and O–H groups in total. The first-order valence-corrected chi connectivity index (χ1v) is 5.55. The van der Waals surface area contributed by atoms with Gasteiger partial charge in [-0.25, -0.2) is 0 Å². The topological polar surface area (TPSA) is 17.8 Å². The quantitative estimate of drug-likeness (QED) is 0.780. The third-order valence-corrected chi connectivity index (χ3v) is 2.62. The average molecular weight is 298 g/mol. The number of aryl methyl sites for hydroxylation is 1. The van der Waals surface area contributed by atoms with Gasteiger partial charge in [-0.3, -0.25) is 4.68 Å².